The topological polar surface area (TPSA) is 74.6 Å². The molecule has 0 bridgehead atoms. The normalized spacial score (nSPS) is 24.1. The van der Waals surface area contributed by atoms with Gasteiger partial charge >= 0.3 is 11.9 Å². The van der Waals surface area contributed by atoms with Crippen LogP contribution in [0.3, 0.4) is 0 Å². The Kier molecular flexibility index (Phi) is 6.60. The highest BCUT2D eigenvalue weighted by Crippen LogP contribution is 2.33. The zero-order valence-corrected chi connectivity index (χ0v) is 13.8. The van der Waals surface area contributed by atoms with Crippen LogP contribution in [0.4, 0.5) is 0 Å². The summed E-state index contributed by atoms with van der Waals surface area (Å²) >= 11 is 0. The fourth-order valence-electron chi connectivity index (χ4n) is 3.09. The highest BCUT2D eigenvalue weighted by molar-refractivity contribution is 5.89. The molecule has 4 nitrogen and oxygen atoms in total. The first kappa shape index (κ1) is 18.2. The molecule has 1 saturated carbocycles. The van der Waals surface area contributed by atoms with Crippen molar-refractivity contribution in [2.75, 3.05) is 0 Å². The lowest BCUT2D eigenvalue weighted by Gasteiger charge is -2.29. The second-order valence-electron chi connectivity index (χ2n) is 6.46. The van der Waals surface area contributed by atoms with E-state index in [0.29, 0.717) is 11.5 Å². The number of carboxylic acid groups (broad SMARTS) is 2. The summed E-state index contributed by atoms with van der Waals surface area (Å²) in [5.74, 6) is -0.449. The summed E-state index contributed by atoms with van der Waals surface area (Å²) in [7, 11) is 0. The quantitative estimate of drug-likeness (QED) is 0.861. The van der Waals surface area contributed by atoms with E-state index >= 15 is 0 Å². The van der Waals surface area contributed by atoms with Crippen molar-refractivity contribution in [2.45, 2.75) is 47.0 Å². The maximum atomic E-state index is 10.7. The monoisotopic (exact) mass is 306 g/mol. The highest BCUT2D eigenvalue weighted by Gasteiger charge is 2.30. The van der Waals surface area contributed by atoms with Gasteiger partial charge in [-0.25, -0.2) is 4.79 Å². The van der Waals surface area contributed by atoms with Gasteiger partial charge in [0.25, 0.3) is 0 Å². The largest absolute Gasteiger partial charge is 0.481 e. The molecule has 2 rings (SSSR count). The van der Waals surface area contributed by atoms with Crippen molar-refractivity contribution in [2.24, 2.45) is 17.8 Å². The van der Waals surface area contributed by atoms with E-state index in [9.17, 15) is 9.59 Å². The minimum atomic E-state index is -0.859. The molecule has 3 unspecified atom stereocenters. The Morgan fingerprint density at radius 3 is 2.18 bits per heavy atom. The number of aryl methyl sites for hydroxylation is 2. The summed E-state index contributed by atoms with van der Waals surface area (Å²) in [6, 6.07) is 5.30. The Morgan fingerprint density at radius 1 is 1.09 bits per heavy atom. The number of benzene rings is 1. The van der Waals surface area contributed by atoms with Crippen molar-refractivity contribution in [3.63, 3.8) is 0 Å². The fourth-order valence-corrected chi connectivity index (χ4v) is 3.09. The molecule has 3 atom stereocenters. The molecule has 0 saturated heterocycles. The van der Waals surface area contributed by atoms with Gasteiger partial charge in [-0.05, 0) is 56.6 Å². The molecule has 4 heteroatoms. The maximum absolute atomic E-state index is 10.7. The minimum Gasteiger partial charge on any atom is -0.481 e. The van der Waals surface area contributed by atoms with E-state index in [1.54, 1.807) is 19.1 Å². The summed E-state index contributed by atoms with van der Waals surface area (Å²) in [6.45, 7) is 8.00. The van der Waals surface area contributed by atoms with Crippen molar-refractivity contribution in [3.05, 3.63) is 34.9 Å². The number of hydrogen-bond acceptors (Lipinski definition) is 2. The van der Waals surface area contributed by atoms with E-state index in [-0.39, 0.29) is 5.92 Å². The van der Waals surface area contributed by atoms with Crippen molar-refractivity contribution < 1.29 is 19.8 Å². The number of aliphatic carboxylic acids is 1. The smallest absolute Gasteiger partial charge is 0.335 e. The molecule has 22 heavy (non-hydrogen) atoms. The van der Waals surface area contributed by atoms with Crippen molar-refractivity contribution in [1.29, 1.82) is 0 Å². The highest BCUT2D eigenvalue weighted by atomic mass is 16.4. The molecule has 1 aromatic rings. The van der Waals surface area contributed by atoms with Gasteiger partial charge in [0.05, 0.1) is 11.5 Å². The lowest BCUT2D eigenvalue weighted by atomic mass is 9.76. The molecule has 0 heterocycles. The third-order valence-corrected chi connectivity index (χ3v) is 4.36. The summed E-state index contributed by atoms with van der Waals surface area (Å²) in [4.78, 5) is 21.2. The van der Waals surface area contributed by atoms with E-state index < -0.39 is 11.9 Å². The number of carbonyl (C=O) groups is 2. The summed E-state index contributed by atoms with van der Waals surface area (Å²) in [5.41, 5.74) is 2.29. The third-order valence-electron chi connectivity index (χ3n) is 4.36. The molecule has 122 valence electrons. The van der Waals surface area contributed by atoms with E-state index in [4.69, 9.17) is 10.2 Å². The van der Waals surface area contributed by atoms with Crippen LogP contribution in [0.1, 0.15) is 54.6 Å². The molecule has 0 amide bonds. The molecule has 0 aromatic heterocycles. The van der Waals surface area contributed by atoms with Crippen molar-refractivity contribution in [3.8, 4) is 0 Å². The lowest BCUT2D eigenvalue weighted by molar-refractivity contribution is -0.145. The lowest BCUT2D eigenvalue weighted by Crippen LogP contribution is -2.27. The molecular formula is C18H26O4. The second kappa shape index (κ2) is 7.97. The molecule has 0 radical (unpaired) electrons. The van der Waals surface area contributed by atoms with Gasteiger partial charge in [-0.1, -0.05) is 31.5 Å². The summed E-state index contributed by atoms with van der Waals surface area (Å²) in [5, 5.41) is 17.5. The molecular weight excluding hydrogens is 280 g/mol. The van der Waals surface area contributed by atoms with Crippen molar-refractivity contribution in [1.82, 2.24) is 0 Å². The second-order valence-corrected chi connectivity index (χ2v) is 6.46. The van der Waals surface area contributed by atoms with Crippen LogP contribution in [-0.4, -0.2) is 22.2 Å². The van der Waals surface area contributed by atoms with Gasteiger partial charge in [0, 0.05) is 0 Å². The third kappa shape index (κ3) is 5.17. The van der Waals surface area contributed by atoms with Gasteiger partial charge < -0.3 is 10.2 Å². The van der Waals surface area contributed by atoms with Gasteiger partial charge in [0.15, 0.2) is 0 Å². The molecule has 0 spiro atoms. The molecule has 2 N–H and O–H groups in total. The number of hydrogen-bond donors (Lipinski definition) is 2. The van der Waals surface area contributed by atoms with E-state index in [2.05, 4.69) is 13.8 Å². The van der Waals surface area contributed by atoms with E-state index in [1.807, 2.05) is 13.0 Å². The van der Waals surface area contributed by atoms with Gasteiger partial charge in [-0.2, -0.15) is 0 Å². The number of rotatable bonds is 2. The predicted molar refractivity (Wildman–Crippen MR) is 86.2 cm³/mol. The molecule has 1 fully saturated rings. The maximum Gasteiger partial charge on any atom is 0.335 e. The molecule has 1 aliphatic carbocycles. The van der Waals surface area contributed by atoms with Gasteiger partial charge in [-0.15, -0.1) is 0 Å². The summed E-state index contributed by atoms with van der Waals surface area (Å²) in [6.07, 6.45) is 3.04. The zero-order chi connectivity index (χ0) is 16.9. The van der Waals surface area contributed by atoms with Crippen LogP contribution in [0.2, 0.25) is 0 Å². The fraction of sp³-hybridized carbons (Fsp3) is 0.556. The Balaban J connectivity index is 0.000000220. The van der Waals surface area contributed by atoms with Crippen LogP contribution in [0.15, 0.2) is 18.2 Å². The number of aromatic carboxylic acids is 1. The summed E-state index contributed by atoms with van der Waals surface area (Å²) < 4.78 is 0. The Bertz CT molecular complexity index is 536. The molecule has 0 aliphatic heterocycles. The van der Waals surface area contributed by atoms with Crippen LogP contribution in [0.5, 0.6) is 0 Å². The SMILES string of the molecule is CC1CCC(C(=O)O)C(C)C1.Cc1ccc(C(=O)O)c(C)c1. The van der Waals surface area contributed by atoms with Crippen LogP contribution in [0.25, 0.3) is 0 Å². The van der Waals surface area contributed by atoms with Crippen LogP contribution < -0.4 is 0 Å². The Hall–Kier alpha value is -1.84. The first-order chi connectivity index (χ1) is 10.2. The minimum absolute atomic E-state index is 0.0776. The van der Waals surface area contributed by atoms with Gasteiger partial charge in [0.1, 0.15) is 0 Å². The predicted octanol–water partition coefficient (Wildman–Crippen LogP) is 4.14. The van der Waals surface area contributed by atoms with Crippen LogP contribution >= 0.6 is 0 Å². The molecule has 1 aromatic carbocycles. The average molecular weight is 306 g/mol. The molecule has 1 aliphatic rings. The zero-order valence-electron chi connectivity index (χ0n) is 13.8. The van der Waals surface area contributed by atoms with Gasteiger partial charge in [0.2, 0.25) is 0 Å². The van der Waals surface area contributed by atoms with E-state index in [1.165, 1.54) is 0 Å². The van der Waals surface area contributed by atoms with Crippen molar-refractivity contribution >= 4 is 11.9 Å². The first-order valence-electron chi connectivity index (χ1n) is 7.75. The average Bonchev–Trinajstić information content (AvgIpc) is 2.38. The first-order valence-corrected chi connectivity index (χ1v) is 7.75. The Labute approximate surface area is 132 Å². The van der Waals surface area contributed by atoms with Gasteiger partial charge in [-0.3, -0.25) is 4.79 Å². The van der Waals surface area contributed by atoms with Crippen LogP contribution in [0, 0.1) is 31.6 Å². The van der Waals surface area contributed by atoms with Crippen LogP contribution in [-0.2, 0) is 4.79 Å². The van der Waals surface area contributed by atoms with E-state index in [0.717, 1.165) is 36.3 Å². The number of carboxylic acids is 2. The standard InChI is InChI=1S/C9H16O2.C9H10O2/c2*1-6-3-4-8(9(10)11)7(2)5-6/h6-8H,3-5H2,1-2H3,(H,10,11);3-5H,1-2H3,(H,10,11). The Morgan fingerprint density at radius 2 is 1.73 bits per heavy atom.